The van der Waals surface area contributed by atoms with Crippen molar-refractivity contribution in [1.82, 2.24) is 0 Å². The molecule has 1 heterocycles. The number of fused-ring (bicyclic) bond motifs is 1. The zero-order valence-electron chi connectivity index (χ0n) is 7.70. The van der Waals surface area contributed by atoms with E-state index in [1.54, 1.807) is 0 Å². The van der Waals surface area contributed by atoms with Gasteiger partial charge in [0.25, 0.3) is 0 Å². The number of carbonyl (C=O) groups is 1. The third-order valence-electron chi connectivity index (χ3n) is 2.06. The monoisotopic (exact) mass is 214 g/mol. The quantitative estimate of drug-likeness (QED) is 0.757. The number of hydrogen-bond donors (Lipinski definition) is 0. The van der Waals surface area contributed by atoms with E-state index in [4.69, 9.17) is 4.74 Å². The molecule has 15 heavy (non-hydrogen) atoms. The predicted octanol–water partition coefficient (Wildman–Crippen LogP) is 2.25. The lowest BCUT2D eigenvalue weighted by Gasteiger charge is -2.16. The first-order valence-corrected chi connectivity index (χ1v) is 4.41. The second kappa shape index (κ2) is 3.84. The molecular formula is C10H8F2O3. The third-order valence-corrected chi connectivity index (χ3v) is 2.06. The van der Waals surface area contributed by atoms with E-state index in [1.807, 2.05) is 0 Å². The number of hydrogen-bond acceptors (Lipinski definition) is 3. The predicted molar refractivity (Wildman–Crippen MR) is 47.5 cm³/mol. The van der Waals surface area contributed by atoms with E-state index in [1.165, 1.54) is 18.2 Å². The van der Waals surface area contributed by atoms with Crippen LogP contribution in [0.1, 0.15) is 16.8 Å². The second-order valence-corrected chi connectivity index (χ2v) is 3.06. The number of ketones is 1. The van der Waals surface area contributed by atoms with Crippen LogP contribution >= 0.6 is 0 Å². The van der Waals surface area contributed by atoms with E-state index >= 15 is 0 Å². The molecule has 0 radical (unpaired) electrons. The molecule has 1 aliphatic heterocycles. The Kier molecular flexibility index (Phi) is 2.53. The van der Waals surface area contributed by atoms with Crippen LogP contribution in [0.25, 0.3) is 0 Å². The largest absolute Gasteiger partial charge is 0.492 e. The fourth-order valence-corrected chi connectivity index (χ4v) is 1.42. The van der Waals surface area contributed by atoms with E-state index in [0.29, 0.717) is 17.9 Å². The Morgan fingerprint density at radius 3 is 2.93 bits per heavy atom. The van der Waals surface area contributed by atoms with Crippen LogP contribution in [0.5, 0.6) is 11.5 Å². The van der Waals surface area contributed by atoms with Crippen molar-refractivity contribution in [2.45, 2.75) is 13.0 Å². The highest BCUT2D eigenvalue weighted by molar-refractivity contribution is 5.99. The van der Waals surface area contributed by atoms with Gasteiger partial charge in [-0.2, -0.15) is 8.78 Å². The van der Waals surface area contributed by atoms with Gasteiger partial charge in [-0.05, 0) is 18.2 Å². The van der Waals surface area contributed by atoms with E-state index in [0.717, 1.165) is 0 Å². The van der Waals surface area contributed by atoms with Crippen molar-refractivity contribution in [3.63, 3.8) is 0 Å². The lowest BCUT2D eigenvalue weighted by atomic mass is 10.1. The van der Waals surface area contributed by atoms with Crippen LogP contribution < -0.4 is 9.47 Å². The fraction of sp³-hybridized carbons (Fsp3) is 0.300. The smallest absolute Gasteiger partial charge is 0.387 e. The van der Waals surface area contributed by atoms with Crippen molar-refractivity contribution in [2.75, 3.05) is 6.61 Å². The van der Waals surface area contributed by atoms with Gasteiger partial charge >= 0.3 is 6.61 Å². The second-order valence-electron chi connectivity index (χ2n) is 3.06. The van der Waals surface area contributed by atoms with Crippen molar-refractivity contribution in [3.8, 4) is 11.5 Å². The number of halogens is 2. The number of rotatable bonds is 2. The van der Waals surface area contributed by atoms with E-state index in [9.17, 15) is 13.6 Å². The lowest BCUT2D eigenvalue weighted by Crippen LogP contribution is -2.15. The van der Waals surface area contributed by atoms with Gasteiger partial charge in [0, 0.05) is 6.42 Å². The fourth-order valence-electron chi connectivity index (χ4n) is 1.42. The standard InChI is InChI=1S/C10H8F2O3/c11-10(12)15-6-1-2-9-7(5-6)8(13)3-4-14-9/h1-2,5,10H,3-4H2. The SMILES string of the molecule is O=C1CCOc2ccc(OC(F)F)cc21. The molecule has 0 spiro atoms. The zero-order chi connectivity index (χ0) is 10.8. The van der Waals surface area contributed by atoms with Gasteiger partial charge in [-0.25, -0.2) is 0 Å². The molecule has 0 fully saturated rings. The molecule has 0 unspecified atom stereocenters. The molecule has 0 bridgehead atoms. The topological polar surface area (TPSA) is 35.5 Å². The lowest BCUT2D eigenvalue weighted by molar-refractivity contribution is -0.0499. The van der Waals surface area contributed by atoms with E-state index in [-0.39, 0.29) is 18.0 Å². The van der Waals surface area contributed by atoms with Crippen LogP contribution in [-0.2, 0) is 0 Å². The minimum atomic E-state index is -2.89. The van der Waals surface area contributed by atoms with Crippen LogP contribution in [-0.4, -0.2) is 19.0 Å². The van der Waals surface area contributed by atoms with E-state index < -0.39 is 6.61 Å². The summed E-state index contributed by atoms with van der Waals surface area (Å²) in [6.07, 6.45) is 0.269. The summed E-state index contributed by atoms with van der Waals surface area (Å²) in [6, 6.07) is 4.09. The summed E-state index contributed by atoms with van der Waals surface area (Å²) in [6.45, 7) is -2.55. The van der Waals surface area contributed by atoms with Crippen molar-refractivity contribution < 1.29 is 23.0 Å². The molecule has 80 valence electrons. The van der Waals surface area contributed by atoms with Crippen LogP contribution in [0.4, 0.5) is 8.78 Å². The Morgan fingerprint density at radius 2 is 2.20 bits per heavy atom. The first-order chi connectivity index (χ1) is 7.16. The highest BCUT2D eigenvalue weighted by Gasteiger charge is 2.19. The van der Waals surface area contributed by atoms with E-state index in [2.05, 4.69) is 4.74 Å². The number of benzene rings is 1. The van der Waals surface area contributed by atoms with Crippen molar-refractivity contribution in [2.24, 2.45) is 0 Å². The Balaban J connectivity index is 2.31. The first-order valence-electron chi connectivity index (χ1n) is 4.41. The number of ether oxygens (including phenoxy) is 2. The molecule has 0 aliphatic carbocycles. The van der Waals surface area contributed by atoms with Gasteiger partial charge in [0.05, 0.1) is 12.2 Å². The molecule has 1 aromatic carbocycles. The summed E-state index contributed by atoms with van der Waals surface area (Å²) in [5, 5.41) is 0. The maximum atomic E-state index is 11.9. The summed E-state index contributed by atoms with van der Waals surface area (Å²) < 4.78 is 33.2. The molecule has 2 rings (SSSR count). The molecule has 0 aromatic heterocycles. The first kappa shape index (κ1) is 9.89. The molecule has 0 saturated heterocycles. The molecule has 0 amide bonds. The van der Waals surface area contributed by atoms with Gasteiger partial charge in [-0.1, -0.05) is 0 Å². The number of Topliss-reactive ketones (excluding diaryl/α,β-unsaturated/α-hetero) is 1. The number of alkyl halides is 2. The van der Waals surface area contributed by atoms with Crippen molar-refractivity contribution in [3.05, 3.63) is 23.8 Å². The third kappa shape index (κ3) is 2.06. The van der Waals surface area contributed by atoms with Crippen LogP contribution in [0.2, 0.25) is 0 Å². The Labute approximate surface area is 84.6 Å². The van der Waals surface area contributed by atoms with Crippen molar-refractivity contribution in [1.29, 1.82) is 0 Å². The summed E-state index contributed by atoms with van der Waals surface area (Å²) in [5.41, 5.74) is 0.305. The minimum absolute atomic E-state index is 0.0254. The summed E-state index contributed by atoms with van der Waals surface area (Å²) in [5.74, 6) is 0.284. The molecule has 1 aromatic rings. The molecule has 1 aliphatic rings. The summed E-state index contributed by atoms with van der Waals surface area (Å²) in [4.78, 5) is 11.4. The molecule has 0 atom stereocenters. The Bertz CT molecular complexity index is 390. The summed E-state index contributed by atoms with van der Waals surface area (Å²) >= 11 is 0. The average molecular weight is 214 g/mol. The molecule has 3 nitrogen and oxygen atoms in total. The van der Waals surface area contributed by atoms with Crippen LogP contribution in [0.15, 0.2) is 18.2 Å². The van der Waals surface area contributed by atoms with Gasteiger partial charge < -0.3 is 9.47 Å². The van der Waals surface area contributed by atoms with Gasteiger partial charge in [0.2, 0.25) is 0 Å². The number of carbonyl (C=O) groups excluding carboxylic acids is 1. The van der Waals surface area contributed by atoms with Crippen molar-refractivity contribution >= 4 is 5.78 Å². The average Bonchev–Trinajstić information content (AvgIpc) is 2.18. The van der Waals surface area contributed by atoms with Gasteiger partial charge in [0.15, 0.2) is 5.78 Å². The zero-order valence-corrected chi connectivity index (χ0v) is 7.70. The minimum Gasteiger partial charge on any atom is -0.492 e. The molecule has 0 saturated carbocycles. The molecule has 5 heteroatoms. The van der Waals surface area contributed by atoms with Crippen LogP contribution in [0.3, 0.4) is 0 Å². The Morgan fingerprint density at radius 1 is 1.40 bits per heavy atom. The summed E-state index contributed by atoms with van der Waals surface area (Å²) in [7, 11) is 0. The van der Waals surface area contributed by atoms with Gasteiger partial charge in [-0.15, -0.1) is 0 Å². The maximum absolute atomic E-state index is 11.9. The normalized spacial score (nSPS) is 14.7. The van der Waals surface area contributed by atoms with Gasteiger partial charge in [-0.3, -0.25) is 4.79 Å². The molecule has 0 N–H and O–H groups in total. The maximum Gasteiger partial charge on any atom is 0.387 e. The Hall–Kier alpha value is -1.65. The van der Waals surface area contributed by atoms with Crippen LogP contribution in [0, 0.1) is 0 Å². The molecular weight excluding hydrogens is 206 g/mol. The highest BCUT2D eigenvalue weighted by atomic mass is 19.3. The van der Waals surface area contributed by atoms with Gasteiger partial charge in [0.1, 0.15) is 11.5 Å². The highest BCUT2D eigenvalue weighted by Crippen LogP contribution is 2.29.